The minimum atomic E-state index is -0.989. The van der Waals surface area contributed by atoms with Gasteiger partial charge in [-0.15, -0.1) is 0 Å². The fourth-order valence-corrected chi connectivity index (χ4v) is 5.29. The van der Waals surface area contributed by atoms with Gasteiger partial charge in [0.2, 0.25) is 0 Å². The molecule has 0 aromatic heterocycles. The van der Waals surface area contributed by atoms with Gasteiger partial charge in [0, 0.05) is 5.71 Å². The highest BCUT2D eigenvalue weighted by atomic mass is 16.2. The molecule has 110 valence electrons. The summed E-state index contributed by atoms with van der Waals surface area (Å²) in [5.74, 6) is 0.906. The Morgan fingerprint density at radius 2 is 1.65 bits per heavy atom. The van der Waals surface area contributed by atoms with E-state index in [1.165, 1.54) is 38.5 Å². The van der Waals surface area contributed by atoms with Gasteiger partial charge < -0.3 is 5.73 Å². The predicted octanol–water partition coefficient (Wildman–Crippen LogP) is 1.57. The summed E-state index contributed by atoms with van der Waals surface area (Å²) in [5.41, 5.74) is 8.44. The molecule has 3 N–H and O–H groups in total. The van der Waals surface area contributed by atoms with E-state index in [4.69, 9.17) is 5.73 Å². The molecule has 0 unspecified atom stereocenters. The van der Waals surface area contributed by atoms with E-state index in [0.29, 0.717) is 5.41 Å². The van der Waals surface area contributed by atoms with Gasteiger partial charge in [-0.25, -0.2) is 5.43 Å². The topological polar surface area (TPSA) is 84.6 Å². The molecule has 4 rings (SSSR count). The number of nitrogens with two attached hydrogens (primary N) is 1. The van der Waals surface area contributed by atoms with Crippen molar-refractivity contribution in [1.29, 1.82) is 0 Å². The van der Waals surface area contributed by atoms with Crippen LogP contribution in [0, 0.1) is 23.2 Å². The first-order chi connectivity index (χ1) is 9.46. The van der Waals surface area contributed by atoms with Crippen molar-refractivity contribution in [3.8, 4) is 0 Å². The standard InChI is InChI=1S/C15H23N3O2/c1-9(17-18-14(20)13(16)19)5-15-6-10-2-11(7-15)4-12(3-10)8-15/h10-12H,2-8H2,1H3,(H2,16,19)(H,18,20)/b17-9-. The van der Waals surface area contributed by atoms with E-state index in [2.05, 4.69) is 10.5 Å². The van der Waals surface area contributed by atoms with Gasteiger partial charge in [0.25, 0.3) is 0 Å². The molecular weight excluding hydrogens is 254 g/mol. The highest BCUT2D eigenvalue weighted by molar-refractivity contribution is 6.34. The van der Waals surface area contributed by atoms with E-state index in [0.717, 1.165) is 29.9 Å². The third-order valence-corrected chi connectivity index (χ3v) is 5.37. The monoisotopic (exact) mass is 277 g/mol. The molecule has 0 saturated heterocycles. The highest BCUT2D eigenvalue weighted by Crippen LogP contribution is 2.61. The zero-order valence-electron chi connectivity index (χ0n) is 12.0. The van der Waals surface area contributed by atoms with Crippen LogP contribution in [0.2, 0.25) is 0 Å². The Bertz CT molecular complexity index is 434. The lowest BCUT2D eigenvalue weighted by Gasteiger charge is -2.57. The van der Waals surface area contributed by atoms with Crippen molar-refractivity contribution in [3.05, 3.63) is 0 Å². The van der Waals surface area contributed by atoms with Crippen molar-refractivity contribution in [2.45, 2.75) is 51.9 Å². The maximum Gasteiger partial charge on any atom is 0.329 e. The lowest BCUT2D eigenvalue weighted by Crippen LogP contribution is -2.46. The first-order valence-electron chi connectivity index (χ1n) is 7.59. The van der Waals surface area contributed by atoms with Gasteiger partial charge in [0.15, 0.2) is 0 Å². The Morgan fingerprint density at radius 3 is 2.10 bits per heavy atom. The molecule has 20 heavy (non-hydrogen) atoms. The SMILES string of the molecule is C/C(CC12CC3CC(CC(C3)C1)C2)=N/NC(=O)C(N)=O. The Labute approximate surface area is 119 Å². The molecule has 2 amide bonds. The molecule has 0 radical (unpaired) electrons. The number of nitrogens with zero attached hydrogens (tertiary/aromatic N) is 1. The zero-order valence-corrected chi connectivity index (χ0v) is 12.0. The molecule has 0 spiro atoms. The van der Waals surface area contributed by atoms with Crippen molar-refractivity contribution in [3.63, 3.8) is 0 Å². The number of hydrazone groups is 1. The lowest BCUT2D eigenvalue weighted by atomic mass is 9.48. The van der Waals surface area contributed by atoms with Crippen molar-refractivity contribution in [1.82, 2.24) is 5.43 Å². The number of hydrogen-bond donors (Lipinski definition) is 2. The number of carbonyl (C=O) groups is 2. The third-order valence-electron chi connectivity index (χ3n) is 5.37. The molecule has 0 aromatic rings. The average Bonchev–Trinajstić information content (AvgIpc) is 2.33. The van der Waals surface area contributed by atoms with E-state index in [-0.39, 0.29) is 0 Å². The summed E-state index contributed by atoms with van der Waals surface area (Å²) in [6.07, 6.45) is 9.16. The van der Waals surface area contributed by atoms with E-state index >= 15 is 0 Å². The number of hydrogen-bond acceptors (Lipinski definition) is 3. The molecule has 4 aliphatic carbocycles. The molecule has 0 aliphatic heterocycles. The van der Waals surface area contributed by atoms with Gasteiger partial charge in [-0.1, -0.05) is 0 Å². The fraction of sp³-hybridized carbons (Fsp3) is 0.800. The van der Waals surface area contributed by atoms with Crippen LogP contribution in [0.4, 0.5) is 0 Å². The maximum absolute atomic E-state index is 11.1. The fourth-order valence-electron chi connectivity index (χ4n) is 5.29. The summed E-state index contributed by atoms with van der Waals surface area (Å²) in [6.45, 7) is 1.93. The van der Waals surface area contributed by atoms with Crippen LogP contribution in [0.25, 0.3) is 0 Å². The summed E-state index contributed by atoms with van der Waals surface area (Å²) in [7, 11) is 0. The first-order valence-corrected chi connectivity index (χ1v) is 7.59. The van der Waals surface area contributed by atoms with E-state index in [1.807, 2.05) is 6.92 Å². The van der Waals surface area contributed by atoms with E-state index < -0.39 is 11.8 Å². The van der Waals surface area contributed by atoms with Crippen LogP contribution in [-0.2, 0) is 9.59 Å². The number of primary amides is 1. The smallest absolute Gasteiger partial charge is 0.329 e. The van der Waals surface area contributed by atoms with Crippen molar-refractivity contribution >= 4 is 17.5 Å². The maximum atomic E-state index is 11.1. The summed E-state index contributed by atoms with van der Waals surface area (Å²) >= 11 is 0. The molecule has 5 nitrogen and oxygen atoms in total. The molecule has 4 aliphatic rings. The van der Waals surface area contributed by atoms with Gasteiger partial charge in [-0.05, 0) is 75.0 Å². The molecule has 4 bridgehead atoms. The third kappa shape index (κ3) is 2.58. The predicted molar refractivity (Wildman–Crippen MR) is 75.7 cm³/mol. The molecule has 0 atom stereocenters. The summed E-state index contributed by atoms with van der Waals surface area (Å²) in [6, 6.07) is 0. The minimum absolute atomic E-state index is 0.403. The number of rotatable bonds is 3. The normalized spacial score (nSPS) is 38.9. The Kier molecular flexibility index (Phi) is 3.30. The van der Waals surface area contributed by atoms with Crippen LogP contribution >= 0.6 is 0 Å². The molecule has 5 heteroatoms. The second kappa shape index (κ2) is 4.86. The highest BCUT2D eigenvalue weighted by Gasteiger charge is 2.50. The minimum Gasteiger partial charge on any atom is -0.361 e. The van der Waals surface area contributed by atoms with Crippen molar-refractivity contribution in [2.75, 3.05) is 0 Å². The van der Waals surface area contributed by atoms with E-state index in [9.17, 15) is 9.59 Å². The van der Waals surface area contributed by atoms with Crippen LogP contribution in [0.5, 0.6) is 0 Å². The lowest BCUT2D eigenvalue weighted by molar-refractivity contribution is -0.137. The Hall–Kier alpha value is -1.39. The van der Waals surface area contributed by atoms with Crippen LogP contribution in [0.1, 0.15) is 51.9 Å². The van der Waals surface area contributed by atoms with Crippen molar-refractivity contribution < 1.29 is 9.59 Å². The number of carbonyl (C=O) groups excluding carboxylic acids is 2. The van der Waals surface area contributed by atoms with Crippen LogP contribution in [0.3, 0.4) is 0 Å². The second-order valence-electron chi connectivity index (χ2n) is 7.25. The van der Waals surface area contributed by atoms with Crippen molar-refractivity contribution in [2.24, 2.45) is 34.0 Å². The van der Waals surface area contributed by atoms with Gasteiger partial charge in [-0.3, -0.25) is 9.59 Å². The first kappa shape index (κ1) is 13.6. The molecule has 4 fully saturated rings. The summed E-state index contributed by atoms with van der Waals surface area (Å²) in [5, 5.41) is 4.04. The Balaban J connectivity index is 1.64. The molecular formula is C15H23N3O2. The average molecular weight is 277 g/mol. The number of nitrogens with one attached hydrogen (secondary N) is 1. The molecule has 4 saturated carbocycles. The quantitative estimate of drug-likeness (QED) is 0.466. The molecule has 0 heterocycles. The van der Waals surface area contributed by atoms with Gasteiger partial charge in [0.1, 0.15) is 0 Å². The second-order valence-corrected chi connectivity index (χ2v) is 7.25. The van der Waals surface area contributed by atoms with Crippen LogP contribution in [0.15, 0.2) is 5.10 Å². The van der Waals surface area contributed by atoms with E-state index in [1.54, 1.807) is 0 Å². The van der Waals surface area contributed by atoms with Crippen LogP contribution in [-0.4, -0.2) is 17.5 Å². The Morgan fingerprint density at radius 1 is 1.15 bits per heavy atom. The molecule has 0 aromatic carbocycles. The number of amides is 2. The van der Waals surface area contributed by atoms with Crippen LogP contribution < -0.4 is 11.2 Å². The largest absolute Gasteiger partial charge is 0.361 e. The van der Waals surface area contributed by atoms with Gasteiger partial charge in [-0.2, -0.15) is 5.10 Å². The summed E-state index contributed by atoms with van der Waals surface area (Å²) < 4.78 is 0. The zero-order chi connectivity index (χ0) is 14.3. The van der Waals surface area contributed by atoms with Gasteiger partial charge in [0.05, 0.1) is 0 Å². The van der Waals surface area contributed by atoms with Gasteiger partial charge >= 0.3 is 11.8 Å². The summed E-state index contributed by atoms with van der Waals surface area (Å²) in [4.78, 5) is 21.8.